The molecule has 3 aliphatic rings. The lowest BCUT2D eigenvalue weighted by molar-refractivity contribution is 0.0224. The number of fused-ring (bicyclic) bond motifs is 1. The van der Waals surface area contributed by atoms with E-state index in [1.807, 2.05) is 37.8 Å². The van der Waals surface area contributed by atoms with Gasteiger partial charge in [-0.05, 0) is 63.9 Å². The molecule has 1 aromatic rings. The summed E-state index contributed by atoms with van der Waals surface area (Å²) in [7, 11) is 2.09. The van der Waals surface area contributed by atoms with Crippen LogP contribution < -0.4 is 5.32 Å². The van der Waals surface area contributed by atoms with E-state index in [1.165, 1.54) is 0 Å². The van der Waals surface area contributed by atoms with Crippen LogP contribution in [0, 0.1) is 0 Å². The van der Waals surface area contributed by atoms with Crippen LogP contribution in [-0.2, 0) is 22.4 Å². The first-order valence-corrected chi connectivity index (χ1v) is 11.7. The van der Waals surface area contributed by atoms with Gasteiger partial charge in [0.2, 0.25) is 0 Å². The van der Waals surface area contributed by atoms with E-state index in [9.17, 15) is 9.59 Å². The van der Waals surface area contributed by atoms with Gasteiger partial charge in [-0.25, -0.2) is 4.79 Å². The first-order chi connectivity index (χ1) is 15.2. The predicted molar refractivity (Wildman–Crippen MR) is 123 cm³/mol. The van der Waals surface area contributed by atoms with E-state index in [1.54, 1.807) is 4.90 Å². The number of amides is 2. The lowest BCUT2D eigenvalue weighted by Gasteiger charge is -2.34. The van der Waals surface area contributed by atoms with Crippen molar-refractivity contribution in [1.82, 2.24) is 14.7 Å². The normalized spacial score (nSPS) is 21.9. The quantitative estimate of drug-likeness (QED) is 0.773. The van der Waals surface area contributed by atoms with Crippen molar-refractivity contribution in [2.45, 2.75) is 51.8 Å². The maximum Gasteiger partial charge on any atom is 0.410 e. The van der Waals surface area contributed by atoms with Gasteiger partial charge >= 0.3 is 6.09 Å². The average Bonchev–Trinajstić information content (AvgIpc) is 3.25. The van der Waals surface area contributed by atoms with Crippen molar-refractivity contribution >= 4 is 17.7 Å². The summed E-state index contributed by atoms with van der Waals surface area (Å²) in [6, 6.07) is 4.21. The molecule has 2 saturated heterocycles. The molecule has 0 aliphatic carbocycles. The van der Waals surface area contributed by atoms with E-state index in [-0.39, 0.29) is 18.0 Å². The highest BCUT2D eigenvalue weighted by molar-refractivity contribution is 5.96. The molecule has 3 aliphatic heterocycles. The molecule has 0 unspecified atom stereocenters. The van der Waals surface area contributed by atoms with Gasteiger partial charge in [0.25, 0.3) is 5.91 Å². The predicted octanol–water partition coefficient (Wildman–Crippen LogP) is 2.57. The molecule has 8 nitrogen and oxygen atoms in total. The number of piperazine rings is 1. The number of rotatable bonds is 3. The zero-order chi connectivity index (χ0) is 22.9. The SMILES string of the molecule is CN1CCN(C(=O)c2cc3c(c(N[C@H]4CCOC4)c2)CN(C(=O)OC(C)(C)C)CC3)CC1. The topological polar surface area (TPSA) is 74.4 Å². The molecule has 8 heteroatoms. The van der Waals surface area contributed by atoms with E-state index in [4.69, 9.17) is 9.47 Å². The second-order valence-electron chi connectivity index (χ2n) is 10.1. The zero-order valence-corrected chi connectivity index (χ0v) is 19.8. The Bertz CT molecular complexity index is 852. The van der Waals surface area contributed by atoms with Crippen LogP contribution in [0.4, 0.5) is 10.5 Å². The standard InChI is InChI=1S/C24H36N4O4/c1-24(2,3)32-23(30)28-7-5-17-13-18(22(29)27-10-8-26(4)9-11-27)14-21(20(17)15-28)25-19-6-12-31-16-19/h13-14,19,25H,5-12,15-16H2,1-4H3/t19-/m0/s1. The first kappa shape index (κ1) is 22.9. The molecule has 3 heterocycles. The molecule has 0 saturated carbocycles. The van der Waals surface area contributed by atoms with Gasteiger partial charge in [0.05, 0.1) is 19.2 Å². The average molecular weight is 445 g/mol. The number of nitrogens with zero attached hydrogens (tertiary/aromatic N) is 3. The Hall–Kier alpha value is -2.32. The minimum Gasteiger partial charge on any atom is -0.444 e. The summed E-state index contributed by atoms with van der Waals surface area (Å²) in [4.78, 5) is 31.9. The number of benzene rings is 1. The second-order valence-corrected chi connectivity index (χ2v) is 10.1. The van der Waals surface area contributed by atoms with Crippen molar-refractivity contribution in [3.8, 4) is 0 Å². The molecule has 1 aromatic carbocycles. The molecule has 1 N–H and O–H groups in total. The van der Waals surface area contributed by atoms with Crippen LogP contribution >= 0.6 is 0 Å². The Kier molecular flexibility index (Phi) is 6.62. The molecular formula is C24H36N4O4. The Labute approximate surface area is 190 Å². The summed E-state index contributed by atoms with van der Waals surface area (Å²) in [5.41, 5.74) is 3.33. The summed E-state index contributed by atoms with van der Waals surface area (Å²) in [5.74, 6) is 0.0844. The van der Waals surface area contributed by atoms with Gasteiger partial charge in [0, 0.05) is 50.6 Å². The van der Waals surface area contributed by atoms with E-state index in [0.29, 0.717) is 26.1 Å². The molecule has 0 aromatic heterocycles. The fourth-order valence-corrected chi connectivity index (χ4v) is 4.46. The molecule has 2 amide bonds. The summed E-state index contributed by atoms with van der Waals surface area (Å²) in [6.07, 6.45) is 1.34. The summed E-state index contributed by atoms with van der Waals surface area (Å²) < 4.78 is 11.1. The van der Waals surface area contributed by atoms with E-state index < -0.39 is 5.60 Å². The van der Waals surface area contributed by atoms with Crippen molar-refractivity contribution in [3.63, 3.8) is 0 Å². The van der Waals surface area contributed by atoms with Crippen molar-refractivity contribution in [2.75, 3.05) is 58.3 Å². The highest BCUT2D eigenvalue weighted by Gasteiger charge is 2.30. The van der Waals surface area contributed by atoms with Crippen LogP contribution in [0.15, 0.2) is 12.1 Å². The number of hydrogen-bond acceptors (Lipinski definition) is 6. The van der Waals surface area contributed by atoms with Crippen LogP contribution in [0.25, 0.3) is 0 Å². The Morgan fingerprint density at radius 2 is 1.84 bits per heavy atom. The minimum absolute atomic E-state index is 0.0844. The van der Waals surface area contributed by atoms with Crippen LogP contribution in [0.5, 0.6) is 0 Å². The minimum atomic E-state index is -0.529. The Morgan fingerprint density at radius 1 is 1.09 bits per heavy atom. The van der Waals surface area contributed by atoms with Gasteiger partial charge in [0.1, 0.15) is 5.60 Å². The molecule has 0 bridgehead atoms. The number of nitrogens with one attached hydrogen (secondary N) is 1. The van der Waals surface area contributed by atoms with Gasteiger partial charge in [-0.3, -0.25) is 4.79 Å². The number of anilines is 1. The van der Waals surface area contributed by atoms with E-state index >= 15 is 0 Å². The molecule has 32 heavy (non-hydrogen) atoms. The van der Waals surface area contributed by atoms with Gasteiger partial charge in [-0.1, -0.05) is 0 Å². The lowest BCUT2D eigenvalue weighted by atomic mass is 9.94. The van der Waals surface area contributed by atoms with Crippen LogP contribution in [-0.4, -0.2) is 91.3 Å². The molecule has 0 radical (unpaired) electrons. The maximum absolute atomic E-state index is 13.3. The zero-order valence-electron chi connectivity index (χ0n) is 19.8. The lowest BCUT2D eigenvalue weighted by Crippen LogP contribution is -2.47. The number of carbonyl (C=O) groups excluding carboxylic acids is 2. The molecular weight excluding hydrogens is 408 g/mol. The highest BCUT2D eigenvalue weighted by atomic mass is 16.6. The van der Waals surface area contributed by atoms with Gasteiger partial charge in [-0.15, -0.1) is 0 Å². The summed E-state index contributed by atoms with van der Waals surface area (Å²) in [5, 5.41) is 3.60. The second kappa shape index (κ2) is 9.27. The molecule has 2 fully saturated rings. The van der Waals surface area contributed by atoms with Crippen molar-refractivity contribution in [2.24, 2.45) is 0 Å². The molecule has 1 atom stereocenters. The summed E-state index contributed by atoms with van der Waals surface area (Å²) in [6.45, 7) is 11.4. The Morgan fingerprint density at radius 3 is 2.50 bits per heavy atom. The van der Waals surface area contributed by atoms with E-state index in [0.717, 1.165) is 61.6 Å². The number of carbonyl (C=O) groups is 2. The fourth-order valence-electron chi connectivity index (χ4n) is 4.46. The third kappa shape index (κ3) is 5.35. The first-order valence-electron chi connectivity index (χ1n) is 11.7. The highest BCUT2D eigenvalue weighted by Crippen LogP contribution is 2.31. The largest absolute Gasteiger partial charge is 0.444 e. The van der Waals surface area contributed by atoms with Crippen molar-refractivity contribution < 1.29 is 19.1 Å². The van der Waals surface area contributed by atoms with E-state index in [2.05, 4.69) is 17.3 Å². The van der Waals surface area contributed by atoms with Crippen LogP contribution in [0.3, 0.4) is 0 Å². The van der Waals surface area contributed by atoms with Crippen LogP contribution in [0.1, 0.15) is 48.7 Å². The number of ether oxygens (including phenoxy) is 2. The van der Waals surface area contributed by atoms with Gasteiger partial charge in [-0.2, -0.15) is 0 Å². The number of hydrogen-bond donors (Lipinski definition) is 1. The Balaban J connectivity index is 1.59. The number of likely N-dealkylation sites (N-methyl/N-ethyl adjacent to an activating group) is 1. The monoisotopic (exact) mass is 444 g/mol. The molecule has 176 valence electrons. The van der Waals surface area contributed by atoms with Gasteiger partial charge in [0.15, 0.2) is 0 Å². The van der Waals surface area contributed by atoms with Gasteiger partial charge < -0.3 is 29.5 Å². The van der Waals surface area contributed by atoms with Crippen LogP contribution in [0.2, 0.25) is 0 Å². The smallest absolute Gasteiger partial charge is 0.410 e. The van der Waals surface area contributed by atoms with Crippen molar-refractivity contribution in [3.05, 3.63) is 28.8 Å². The third-order valence-corrected chi connectivity index (χ3v) is 6.32. The molecule has 4 rings (SSSR count). The summed E-state index contributed by atoms with van der Waals surface area (Å²) >= 11 is 0. The maximum atomic E-state index is 13.3. The third-order valence-electron chi connectivity index (χ3n) is 6.32. The molecule has 0 spiro atoms. The van der Waals surface area contributed by atoms with Crippen molar-refractivity contribution in [1.29, 1.82) is 0 Å². The fraction of sp³-hybridized carbons (Fsp3) is 0.667.